The van der Waals surface area contributed by atoms with Crippen molar-refractivity contribution in [1.82, 2.24) is 14.8 Å². The van der Waals surface area contributed by atoms with Crippen LogP contribution in [0.3, 0.4) is 0 Å². The van der Waals surface area contributed by atoms with Crippen LogP contribution in [0.25, 0.3) is 17.8 Å². The number of methoxy groups -OCH3 is 2. The molecule has 22 heavy (non-hydrogen) atoms. The summed E-state index contributed by atoms with van der Waals surface area (Å²) in [6, 6.07) is 3.73. The van der Waals surface area contributed by atoms with E-state index >= 15 is 0 Å². The summed E-state index contributed by atoms with van der Waals surface area (Å²) >= 11 is 0. The topological polar surface area (TPSA) is 66.2 Å². The maximum Gasteiger partial charge on any atom is 0.225 e. The van der Waals surface area contributed by atoms with E-state index in [0.717, 1.165) is 11.1 Å². The molecule has 6 nitrogen and oxygen atoms in total. The molecule has 2 aromatic rings. The second-order valence-electron chi connectivity index (χ2n) is 4.72. The fraction of sp³-hybridized carbons (Fsp3) is 0.200. The van der Waals surface area contributed by atoms with Crippen LogP contribution in [-0.2, 0) is 10.8 Å². The Kier molecular flexibility index (Phi) is 3.58. The first-order valence-electron chi connectivity index (χ1n) is 6.49. The Bertz CT molecular complexity index is 824. The summed E-state index contributed by atoms with van der Waals surface area (Å²) in [5.41, 5.74) is 2.47. The Hall–Kier alpha value is -2.41. The monoisotopic (exact) mass is 317 g/mol. The largest absolute Gasteiger partial charge is 0.493 e. The highest BCUT2D eigenvalue weighted by Gasteiger charge is 2.22. The van der Waals surface area contributed by atoms with Crippen LogP contribution < -0.4 is 9.47 Å². The molecule has 0 amide bonds. The number of benzene rings is 1. The van der Waals surface area contributed by atoms with Crippen LogP contribution in [0.15, 0.2) is 23.9 Å². The number of nitrogens with zero attached hydrogens (tertiary/aromatic N) is 3. The number of rotatable bonds is 3. The summed E-state index contributed by atoms with van der Waals surface area (Å²) in [6.07, 6.45) is 5.24. The van der Waals surface area contributed by atoms with Crippen LogP contribution in [-0.4, -0.2) is 39.4 Å². The lowest BCUT2D eigenvalue weighted by molar-refractivity contribution is 0.355. The van der Waals surface area contributed by atoms with Gasteiger partial charge in [-0.15, -0.1) is 10.2 Å². The zero-order valence-corrected chi connectivity index (χ0v) is 13.3. The zero-order valence-electron chi connectivity index (χ0n) is 12.5. The molecule has 1 aliphatic rings. The lowest BCUT2D eigenvalue weighted by Crippen LogP contribution is -2.01. The number of ether oxygens (including phenoxy) is 2. The number of hydrogen-bond acceptors (Lipinski definition) is 5. The standard InChI is InChI=1S/C15H15N3O3S/c1-9-11-8-13(21-3)12(20-2)7-10(11)5-6-18-14(9)16-17-15(18)22(4)19/h5-8H,1H2,2-4H3. The molecule has 7 heteroatoms. The van der Waals surface area contributed by atoms with Crippen molar-refractivity contribution in [3.8, 4) is 11.5 Å². The van der Waals surface area contributed by atoms with E-state index in [4.69, 9.17) is 9.47 Å². The maximum absolute atomic E-state index is 11.8. The third-order valence-electron chi connectivity index (χ3n) is 3.48. The van der Waals surface area contributed by atoms with E-state index in [1.54, 1.807) is 31.2 Å². The van der Waals surface area contributed by atoms with Crippen LogP contribution in [0, 0.1) is 0 Å². The van der Waals surface area contributed by atoms with Crippen LogP contribution in [0.4, 0.5) is 0 Å². The van der Waals surface area contributed by atoms with Crippen LogP contribution in [0.1, 0.15) is 17.0 Å². The van der Waals surface area contributed by atoms with Gasteiger partial charge in [-0.3, -0.25) is 8.78 Å². The molecule has 1 aromatic heterocycles. The quantitative estimate of drug-likeness (QED) is 0.739. The molecule has 1 unspecified atom stereocenters. The predicted octanol–water partition coefficient (Wildman–Crippen LogP) is 2.04. The molecule has 1 atom stereocenters. The second-order valence-corrected chi connectivity index (χ2v) is 5.99. The summed E-state index contributed by atoms with van der Waals surface area (Å²) in [7, 11) is 1.93. The van der Waals surface area contributed by atoms with Crippen molar-refractivity contribution in [2.24, 2.45) is 0 Å². The van der Waals surface area contributed by atoms with Gasteiger partial charge in [0.1, 0.15) is 0 Å². The van der Waals surface area contributed by atoms with E-state index in [1.165, 1.54) is 0 Å². The third kappa shape index (κ3) is 2.14. The molecule has 0 radical (unpaired) electrons. The van der Waals surface area contributed by atoms with Crippen molar-refractivity contribution in [2.75, 3.05) is 20.5 Å². The predicted molar refractivity (Wildman–Crippen MR) is 85.3 cm³/mol. The van der Waals surface area contributed by atoms with Crippen molar-refractivity contribution in [1.29, 1.82) is 0 Å². The van der Waals surface area contributed by atoms with Gasteiger partial charge in [0.05, 0.1) is 25.0 Å². The van der Waals surface area contributed by atoms with Crippen molar-refractivity contribution in [3.63, 3.8) is 0 Å². The first-order chi connectivity index (χ1) is 10.6. The summed E-state index contributed by atoms with van der Waals surface area (Å²) in [5, 5.41) is 8.48. The van der Waals surface area contributed by atoms with Gasteiger partial charge in [-0.2, -0.15) is 0 Å². The molecule has 1 aromatic carbocycles. The van der Waals surface area contributed by atoms with Gasteiger partial charge in [0.25, 0.3) is 0 Å². The van der Waals surface area contributed by atoms with E-state index in [9.17, 15) is 4.21 Å². The van der Waals surface area contributed by atoms with E-state index in [0.29, 0.717) is 28.1 Å². The molecule has 0 bridgehead atoms. The molecule has 0 spiro atoms. The van der Waals surface area contributed by atoms with E-state index < -0.39 is 10.8 Å². The summed E-state index contributed by atoms with van der Waals surface area (Å²) in [6.45, 7) is 4.10. The summed E-state index contributed by atoms with van der Waals surface area (Å²) < 4.78 is 24.1. The normalized spacial score (nSPS) is 14.0. The Labute approximate surface area is 130 Å². The SMILES string of the molecule is C=C1c2cc(OC)c(OC)cc2C=Cn2c1nnc2S(C)=O. The number of fused-ring (bicyclic) bond motifs is 2. The van der Waals surface area contributed by atoms with E-state index in [-0.39, 0.29) is 0 Å². The molecular weight excluding hydrogens is 302 g/mol. The Morgan fingerprint density at radius 3 is 2.50 bits per heavy atom. The van der Waals surface area contributed by atoms with Gasteiger partial charge in [0.2, 0.25) is 5.16 Å². The maximum atomic E-state index is 11.8. The average Bonchev–Trinajstić information content (AvgIpc) is 2.90. The molecule has 114 valence electrons. The fourth-order valence-corrected chi connectivity index (χ4v) is 2.96. The Morgan fingerprint density at radius 1 is 1.18 bits per heavy atom. The van der Waals surface area contributed by atoms with Crippen molar-refractivity contribution in [3.05, 3.63) is 35.7 Å². The molecule has 2 heterocycles. The van der Waals surface area contributed by atoms with Gasteiger partial charge in [0, 0.05) is 18.0 Å². The highest BCUT2D eigenvalue weighted by atomic mass is 32.2. The molecule has 0 saturated heterocycles. The van der Waals surface area contributed by atoms with Crippen molar-refractivity contribution in [2.45, 2.75) is 5.16 Å². The minimum absolute atomic E-state index is 0.388. The Morgan fingerprint density at radius 2 is 1.86 bits per heavy atom. The second kappa shape index (κ2) is 5.42. The van der Waals surface area contributed by atoms with Gasteiger partial charge >= 0.3 is 0 Å². The zero-order chi connectivity index (χ0) is 15.9. The molecular formula is C15H15N3O3S. The van der Waals surface area contributed by atoms with Crippen molar-refractivity contribution < 1.29 is 13.7 Å². The van der Waals surface area contributed by atoms with Gasteiger partial charge in [0.15, 0.2) is 17.3 Å². The first-order valence-corrected chi connectivity index (χ1v) is 8.04. The van der Waals surface area contributed by atoms with E-state index in [1.807, 2.05) is 18.2 Å². The van der Waals surface area contributed by atoms with Gasteiger partial charge in [-0.25, -0.2) is 0 Å². The lowest BCUT2D eigenvalue weighted by atomic mass is 10.00. The van der Waals surface area contributed by atoms with Gasteiger partial charge in [-0.1, -0.05) is 6.58 Å². The molecule has 0 saturated carbocycles. The fourth-order valence-electron chi connectivity index (χ4n) is 2.38. The summed E-state index contributed by atoms with van der Waals surface area (Å²) in [4.78, 5) is 0. The highest BCUT2D eigenvalue weighted by molar-refractivity contribution is 7.84. The van der Waals surface area contributed by atoms with Crippen LogP contribution in [0.2, 0.25) is 0 Å². The number of aromatic nitrogens is 3. The summed E-state index contributed by atoms with van der Waals surface area (Å²) in [5.74, 6) is 1.81. The molecule has 0 N–H and O–H groups in total. The minimum Gasteiger partial charge on any atom is -0.493 e. The highest BCUT2D eigenvalue weighted by Crippen LogP contribution is 2.37. The molecule has 1 aliphatic heterocycles. The minimum atomic E-state index is -1.24. The molecule has 3 rings (SSSR count). The van der Waals surface area contributed by atoms with Crippen LogP contribution >= 0.6 is 0 Å². The van der Waals surface area contributed by atoms with Gasteiger partial charge in [-0.05, 0) is 29.3 Å². The average molecular weight is 317 g/mol. The third-order valence-corrected chi connectivity index (χ3v) is 4.27. The molecule has 0 aliphatic carbocycles. The van der Waals surface area contributed by atoms with E-state index in [2.05, 4.69) is 16.8 Å². The Balaban J connectivity index is 2.23. The van der Waals surface area contributed by atoms with Crippen molar-refractivity contribution >= 4 is 28.6 Å². The smallest absolute Gasteiger partial charge is 0.225 e. The molecule has 0 fully saturated rings. The van der Waals surface area contributed by atoms with Gasteiger partial charge < -0.3 is 9.47 Å². The van der Waals surface area contributed by atoms with Crippen LogP contribution in [0.5, 0.6) is 11.5 Å². The lowest BCUT2D eigenvalue weighted by Gasteiger charge is -2.12. The first kappa shape index (κ1) is 14.5. The number of hydrogen-bond donors (Lipinski definition) is 0.